The van der Waals surface area contributed by atoms with Gasteiger partial charge in [0.05, 0.1) is 0 Å². The number of hydrogen-bond acceptors (Lipinski definition) is 4. The molecule has 4 atom stereocenters. The fraction of sp³-hybridized carbons (Fsp3) is 0.733. The molecule has 4 heteroatoms. The van der Waals surface area contributed by atoms with Crippen LogP contribution in [-0.4, -0.2) is 27.8 Å². The topological polar surface area (TPSA) is 37.8 Å². The third-order valence-corrected chi connectivity index (χ3v) is 5.34. The molecule has 1 saturated carbocycles. The van der Waals surface area contributed by atoms with E-state index in [0.29, 0.717) is 17.2 Å². The largest absolute Gasteiger partial charge is 0.313 e. The smallest absolute Gasteiger partial charge is 0.187 e. The van der Waals surface area contributed by atoms with E-state index in [0.717, 1.165) is 23.2 Å². The zero-order chi connectivity index (χ0) is 13.8. The number of nitrogens with one attached hydrogen (secondary N) is 1. The lowest BCUT2D eigenvalue weighted by Crippen LogP contribution is -2.46. The van der Waals surface area contributed by atoms with E-state index in [2.05, 4.69) is 36.1 Å². The molecule has 1 aromatic heterocycles. The summed E-state index contributed by atoms with van der Waals surface area (Å²) in [6.07, 6.45) is 6.40. The van der Waals surface area contributed by atoms with Crippen molar-refractivity contribution >= 4 is 11.8 Å². The summed E-state index contributed by atoms with van der Waals surface area (Å²) >= 11 is 1.85. The van der Waals surface area contributed by atoms with Gasteiger partial charge in [0.25, 0.3) is 0 Å². The number of aromatic nitrogens is 2. The van der Waals surface area contributed by atoms with E-state index in [9.17, 15) is 0 Å². The van der Waals surface area contributed by atoms with Crippen LogP contribution in [0.15, 0.2) is 17.6 Å². The molecule has 1 aliphatic carbocycles. The van der Waals surface area contributed by atoms with E-state index in [1.54, 1.807) is 0 Å². The minimum Gasteiger partial charge on any atom is -0.313 e. The van der Waals surface area contributed by atoms with Gasteiger partial charge >= 0.3 is 0 Å². The Labute approximate surface area is 121 Å². The summed E-state index contributed by atoms with van der Waals surface area (Å²) in [7, 11) is 0. The highest BCUT2D eigenvalue weighted by molar-refractivity contribution is 7.99. The molecule has 1 aromatic rings. The van der Waals surface area contributed by atoms with Gasteiger partial charge in [-0.3, -0.25) is 0 Å². The van der Waals surface area contributed by atoms with Crippen molar-refractivity contribution in [3.63, 3.8) is 0 Å². The van der Waals surface area contributed by atoms with E-state index in [-0.39, 0.29) is 0 Å². The number of rotatable bonds is 4. The first kappa shape index (κ1) is 14.8. The Bertz CT molecular complexity index is 393. The van der Waals surface area contributed by atoms with Crippen LogP contribution in [0.25, 0.3) is 0 Å². The summed E-state index contributed by atoms with van der Waals surface area (Å²) in [6, 6.07) is 0.582. The molecule has 106 valence electrons. The van der Waals surface area contributed by atoms with Crippen LogP contribution in [0.2, 0.25) is 0 Å². The fourth-order valence-electron chi connectivity index (χ4n) is 3.05. The summed E-state index contributed by atoms with van der Waals surface area (Å²) in [5.74, 6) is 1.53. The van der Waals surface area contributed by atoms with E-state index >= 15 is 0 Å². The molecule has 0 spiro atoms. The molecule has 1 fully saturated rings. The first-order valence-electron chi connectivity index (χ1n) is 7.28. The third-order valence-electron chi connectivity index (χ3n) is 3.85. The first-order chi connectivity index (χ1) is 9.10. The Kier molecular flexibility index (Phi) is 5.22. The second-order valence-corrected chi connectivity index (χ2v) is 6.99. The molecule has 0 aliphatic heterocycles. The highest BCUT2D eigenvalue weighted by Crippen LogP contribution is 2.38. The van der Waals surface area contributed by atoms with E-state index in [1.807, 2.05) is 31.1 Å². The number of hydrogen-bond donors (Lipinski definition) is 1. The van der Waals surface area contributed by atoms with Crippen molar-refractivity contribution in [1.29, 1.82) is 0 Å². The molecule has 0 saturated heterocycles. The van der Waals surface area contributed by atoms with Crippen LogP contribution in [0, 0.1) is 18.8 Å². The molecule has 0 amide bonds. The average Bonchev–Trinajstić information content (AvgIpc) is 2.36. The second kappa shape index (κ2) is 6.71. The van der Waals surface area contributed by atoms with Gasteiger partial charge in [-0.2, -0.15) is 0 Å². The van der Waals surface area contributed by atoms with E-state index in [4.69, 9.17) is 0 Å². The molecule has 0 bridgehead atoms. The van der Waals surface area contributed by atoms with Gasteiger partial charge in [-0.1, -0.05) is 32.5 Å². The van der Waals surface area contributed by atoms with E-state index < -0.39 is 0 Å². The zero-order valence-electron chi connectivity index (χ0n) is 12.4. The number of aryl methyl sites for hydroxylation is 1. The fourth-order valence-corrected chi connectivity index (χ4v) is 4.24. The van der Waals surface area contributed by atoms with Gasteiger partial charge in [-0.05, 0) is 43.7 Å². The Balaban J connectivity index is 2.08. The van der Waals surface area contributed by atoms with Crippen LogP contribution in [0.3, 0.4) is 0 Å². The highest BCUT2D eigenvalue weighted by atomic mass is 32.2. The molecule has 4 unspecified atom stereocenters. The third kappa shape index (κ3) is 3.93. The SMILES string of the molecule is CCNC1CC(C)CC(C)C1Sc1ncc(C)cn1. The lowest BCUT2D eigenvalue weighted by molar-refractivity contribution is 0.251. The molecule has 2 rings (SSSR count). The van der Waals surface area contributed by atoms with Crippen LogP contribution < -0.4 is 5.32 Å². The first-order valence-corrected chi connectivity index (χ1v) is 8.16. The summed E-state index contributed by atoms with van der Waals surface area (Å²) in [6.45, 7) is 9.99. The van der Waals surface area contributed by atoms with Gasteiger partial charge in [-0.25, -0.2) is 9.97 Å². The quantitative estimate of drug-likeness (QED) is 0.858. The molecule has 3 nitrogen and oxygen atoms in total. The lowest BCUT2D eigenvalue weighted by atomic mass is 9.80. The summed E-state index contributed by atoms with van der Waals surface area (Å²) < 4.78 is 0. The van der Waals surface area contributed by atoms with Crippen molar-refractivity contribution in [2.75, 3.05) is 6.54 Å². The summed E-state index contributed by atoms with van der Waals surface area (Å²) in [4.78, 5) is 8.89. The van der Waals surface area contributed by atoms with Gasteiger partial charge in [0.1, 0.15) is 0 Å². The van der Waals surface area contributed by atoms with Crippen LogP contribution in [0.5, 0.6) is 0 Å². The maximum Gasteiger partial charge on any atom is 0.187 e. The molecular formula is C15H25N3S. The Hall–Kier alpha value is -0.610. The summed E-state index contributed by atoms with van der Waals surface area (Å²) in [5, 5.41) is 5.15. The zero-order valence-corrected chi connectivity index (χ0v) is 13.2. The van der Waals surface area contributed by atoms with Gasteiger partial charge < -0.3 is 5.32 Å². The average molecular weight is 279 g/mol. The van der Waals surface area contributed by atoms with Crippen LogP contribution in [-0.2, 0) is 0 Å². The Morgan fingerprint density at radius 3 is 2.58 bits per heavy atom. The molecule has 1 heterocycles. The molecule has 1 N–H and O–H groups in total. The predicted molar refractivity (Wildman–Crippen MR) is 81.4 cm³/mol. The second-order valence-electron chi connectivity index (χ2n) is 5.84. The maximum atomic E-state index is 4.44. The van der Waals surface area contributed by atoms with Gasteiger partial charge in [0.2, 0.25) is 0 Å². The van der Waals surface area contributed by atoms with E-state index in [1.165, 1.54) is 12.8 Å². The Morgan fingerprint density at radius 1 is 1.26 bits per heavy atom. The normalized spacial score (nSPS) is 31.4. The molecule has 19 heavy (non-hydrogen) atoms. The predicted octanol–water partition coefficient (Wildman–Crippen LogP) is 3.29. The van der Waals surface area contributed by atoms with Crippen LogP contribution >= 0.6 is 11.8 Å². The maximum absolute atomic E-state index is 4.44. The van der Waals surface area contributed by atoms with Crippen molar-refractivity contribution in [2.24, 2.45) is 11.8 Å². The summed E-state index contributed by atoms with van der Waals surface area (Å²) in [5.41, 5.74) is 1.12. The lowest BCUT2D eigenvalue weighted by Gasteiger charge is -2.39. The molecule has 0 radical (unpaired) electrons. The standard InChI is InChI=1S/C15H25N3S/c1-5-16-13-7-10(2)6-12(4)14(13)19-15-17-8-11(3)9-18-15/h8-10,12-14,16H,5-7H2,1-4H3. The minimum absolute atomic E-state index is 0.582. The minimum atomic E-state index is 0.582. The van der Waals surface area contributed by atoms with Crippen molar-refractivity contribution in [3.8, 4) is 0 Å². The van der Waals surface area contributed by atoms with Crippen LogP contribution in [0.1, 0.15) is 39.2 Å². The molecule has 0 aromatic carbocycles. The number of thioether (sulfide) groups is 1. The van der Waals surface area contributed by atoms with Crippen LogP contribution in [0.4, 0.5) is 0 Å². The monoisotopic (exact) mass is 279 g/mol. The van der Waals surface area contributed by atoms with Gasteiger partial charge in [0, 0.05) is 23.7 Å². The highest BCUT2D eigenvalue weighted by Gasteiger charge is 2.34. The molecular weight excluding hydrogens is 254 g/mol. The van der Waals surface area contributed by atoms with Crippen molar-refractivity contribution in [2.45, 2.75) is 57.0 Å². The van der Waals surface area contributed by atoms with Gasteiger partial charge in [-0.15, -0.1) is 0 Å². The number of nitrogens with zero attached hydrogens (tertiary/aromatic N) is 2. The van der Waals surface area contributed by atoms with Crippen molar-refractivity contribution in [1.82, 2.24) is 15.3 Å². The van der Waals surface area contributed by atoms with Gasteiger partial charge in [0.15, 0.2) is 5.16 Å². The molecule has 1 aliphatic rings. The Morgan fingerprint density at radius 2 is 1.95 bits per heavy atom. The van der Waals surface area contributed by atoms with Crippen molar-refractivity contribution < 1.29 is 0 Å². The van der Waals surface area contributed by atoms with Crippen molar-refractivity contribution in [3.05, 3.63) is 18.0 Å².